The SMILES string of the molecule is OCCN1CCN(C2CNCCC2CN2CCCCC2)CC1. The van der Waals surface area contributed by atoms with Crippen molar-refractivity contribution in [2.24, 2.45) is 5.92 Å². The Labute approximate surface area is 135 Å². The molecule has 2 atom stereocenters. The summed E-state index contributed by atoms with van der Waals surface area (Å²) in [6.45, 7) is 12.0. The van der Waals surface area contributed by atoms with E-state index < -0.39 is 0 Å². The van der Waals surface area contributed by atoms with Crippen LogP contribution in [-0.4, -0.2) is 97.9 Å². The van der Waals surface area contributed by atoms with E-state index >= 15 is 0 Å². The van der Waals surface area contributed by atoms with Crippen LogP contribution in [0.1, 0.15) is 25.7 Å². The molecule has 0 amide bonds. The van der Waals surface area contributed by atoms with Crippen molar-refractivity contribution >= 4 is 0 Å². The van der Waals surface area contributed by atoms with E-state index in [1.165, 1.54) is 71.5 Å². The molecule has 5 heteroatoms. The van der Waals surface area contributed by atoms with E-state index in [1.807, 2.05) is 0 Å². The fraction of sp³-hybridized carbons (Fsp3) is 1.00. The van der Waals surface area contributed by atoms with Gasteiger partial charge >= 0.3 is 0 Å². The number of piperazine rings is 1. The van der Waals surface area contributed by atoms with Gasteiger partial charge in [0.1, 0.15) is 0 Å². The molecule has 0 aromatic rings. The maximum absolute atomic E-state index is 9.09. The molecule has 22 heavy (non-hydrogen) atoms. The van der Waals surface area contributed by atoms with Gasteiger partial charge in [-0.2, -0.15) is 0 Å². The Balaban J connectivity index is 1.51. The van der Waals surface area contributed by atoms with Crippen LogP contribution >= 0.6 is 0 Å². The minimum Gasteiger partial charge on any atom is -0.395 e. The van der Waals surface area contributed by atoms with Crippen molar-refractivity contribution in [3.05, 3.63) is 0 Å². The van der Waals surface area contributed by atoms with Crippen molar-refractivity contribution in [2.75, 3.05) is 72.1 Å². The Bertz CT molecular complexity index is 314. The molecule has 0 spiro atoms. The van der Waals surface area contributed by atoms with Gasteiger partial charge in [0.05, 0.1) is 6.61 Å². The lowest BCUT2D eigenvalue weighted by atomic mass is 9.89. The van der Waals surface area contributed by atoms with Crippen LogP contribution in [0.4, 0.5) is 0 Å². The van der Waals surface area contributed by atoms with Gasteiger partial charge in [-0.3, -0.25) is 9.80 Å². The molecule has 0 aliphatic carbocycles. The summed E-state index contributed by atoms with van der Waals surface area (Å²) in [6.07, 6.45) is 5.56. The number of nitrogens with zero attached hydrogens (tertiary/aromatic N) is 3. The molecule has 3 fully saturated rings. The van der Waals surface area contributed by atoms with E-state index in [0.29, 0.717) is 12.6 Å². The van der Waals surface area contributed by atoms with Crippen molar-refractivity contribution in [3.8, 4) is 0 Å². The third-order valence-corrected chi connectivity index (χ3v) is 5.82. The minimum atomic E-state index is 0.294. The molecule has 0 aromatic carbocycles. The fourth-order valence-electron chi connectivity index (χ4n) is 4.47. The summed E-state index contributed by atoms with van der Waals surface area (Å²) in [5.41, 5.74) is 0. The van der Waals surface area contributed by atoms with E-state index in [-0.39, 0.29) is 0 Å². The maximum Gasteiger partial charge on any atom is 0.0558 e. The van der Waals surface area contributed by atoms with Crippen LogP contribution in [0.2, 0.25) is 0 Å². The summed E-state index contributed by atoms with van der Waals surface area (Å²) < 4.78 is 0. The zero-order valence-corrected chi connectivity index (χ0v) is 14.1. The maximum atomic E-state index is 9.09. The predicted octanol–water partition coefficient (Wildman–Crippen LogP) is 0.0603. The summed E-state index contributed by atoms with van der Waals surface area (Å²) in [4.78, 5) is 7.83. The quantitative estimate of drug-likeness (QED) is 0.752. The minimum absolute atomic E-state index is 0.294. The van der Waals surface area contributed by atoms with E-state index in [9.17, 15) is 0 Å². The number of aliphatic hydroxyl groups is 1. The largest absolute Gasteiger partial charge is 0.395 e. The first kappa shape index (κ1) is 16.7. The van der Waals surface area contributed by atoms with Crippen LogP contribution in [0.3, 0.4) is 0 Å². The molecule has 128 valence electrons. The topological polar surface area (TPSA) is 42.0 Å². The van der Waals surface area contributed by atoms with Crippen LogP contribution in [-0.2, 0) is 0 Å². The highest BCUT2D eigenvalue weighted by Gasteiger charge is 2.33. The van der Waals surface area contributed by atoms with Gasteiger partial charge in [-0.25, -0.2) is 0 Å². The Morgan fingerprint density at radius 1 is 0.909 bits per heavy atom. The first-order valence-corrected chi connectivity index (χ1v) is 9.37. The van der Waals surface area contributed by atoms with Gasteiger partial charge < -0.3 is 15.3 Å². The molecule has 3 rings (SSSR count). The van der Waals surface area contributed by atoms with Gasteiger partial charge in [0.25, 0.3) is 0 Å². The van der Waals surface area contributed by atoms with Crippen molar-refractivity contribution in [1.82, 2.24) is 20.0 Å². The van der Waals surface area contributed by atoms with Crippen molar-refractivity contribution < 1.29 is 5.11 Å². The van der Waals surface area contributed by atoms with Crippen LogP contribution in [0, 0.1) is 5.92 Å². The number of hydrogen-bond donors (Lipinski definition) is 2. The van der Waals surface area contributed by atoms with Crippen LogP contribution in [0.15, 0.2) is 0 Å². The smallest absolute Gasteiger partial charge is 0.0558 e. The summed E-state index contributed by atoms with van der Waals surface area (Å²) >= 11 is 0. The number of likely N-dealkylation sites (tertiary alicyclic amines) is 1. The number of hydrogen-bond acceptors (Lipinski definition) is 5. The summed E-state index contributed by atoms with van der Waals surface area (Å²) in [7, 11) is 0. The van der Waals surface area contributed by atoms with Gasteiger partial charge in [0, 0.05) is 51.9 Å². The summed E-state index contributed by atoms with van der Waals surface area (Å²) in [5, 5.41) is 12.7. The first-order chi connectivity index (χ1) is 10.9. The van der Waals surface area contributed by atoms with Gasteiger partial charge in [-0.15, -0.1) is 0 Å². The van der Waals surface area contributed by atoms with E-state index in [2.05, 4.69) is 20.0 Å². The fourth-order valence-corrected chi connectivity index (χ4v) is 4.47. The zero-order chi connectivity index (χ0) is 15.2. The lowest BCUT2D eigenvalue weighted by Crippen LogP contribution is -2.59. The molecule has 0 saturated carbocycles. The molecule has 3 saturated heterocycles. The third kappa shape index (κ3) is 4.42. The molecular formula is C17H34N4O. The van der Waals surface area contributed by atoms with E-state index in [4.69, 9.17) is 5.11 Å². The summed E-state index contributed by atoms with van der Waals surface area (Å²) in [6, 6.07) is 0.715. The van der Waals surface area contributed by atoms with Crippen LogP contribution < -0.4 is 5.32 Å². The highest BCUT2D eigenvalue weighted by Crippen LogP contribution is 2.22. The summed E-state index contributed by atoms with van der Waals surface area (Å²) in [5.74, 6) is 0.837. The zero-order valence-electron chi connectivity index (χ0n) is 14.1. The van der Waals surface area contributed by atoms with Gasteiger partial charge in [0.15, 0.2) is 0 Å². The average molecular weight is 310 g/mol. The van der Waals surface area contributed by atoms with Crippen molar-refractivity contribution in [2.45, 2.75) is 31.7 Å². The highest BCUT2D eigenvalue weighted by molar-refractivity contribution is 4.90. The molecule has 0 radical (unpaired) electrons. The van der Waals surface area contributed by atoms with E-state index in [0.717, 1.165) is 25.6 Å². The Hall–Kier alpha value is -0.200. The monoisotopic (exact) mass is 310 g/mol. The van der Waals surface area contributed by atoms with Crippen molar-refractivity contribution in [3.63, 3.8) is 0 Å². The second-order valence-electron chi connectivity index (χ2n) is 7.28. The molecule has 2 unspecified atom stereocenters. The lowest BCUT2D eigenvalue weighted by molar-refractivity contribution is 0.0363. The van der Waals surface area contributed by atoms with Gasteiger partial charge in [0.2, 0.25) is 0 Å². The lowest BCUT2D eigenvalue weighted by Gasteiger charge is -2.45. The molecule has 3 aliphatic rings. The molecule has 5 nitrogen and oxygen atoms in total. The molecular weight excluding hydrogens is 276 g/mol. The first-order valence-electron chi connectivity index (χ1n) is 9.37. The molecule has 0 aromatic heterocycles. The van der Waals surface area contributed by atoms with Gasteiger partial charge in [-0.05, 0) is 44.8 Å². The number of piperidine rings is 2. The number of β-amino-alcohol motifs (C(OH)–C–C–N with tert-alkyl or cyclic N) is 1. The molecule has 3 heterocycles. The van der Waals surface area contributed by atoms with Crippen LogP contribution in [0.5, 0.6) is 0 Å². The highest BCUT2D eigenvalue weighted by atomic mass is 16.3. The molecule has 2 N–H and O–H groups in total. The third-order valence-electron chi connectivity index (χ3n) is 5.82. The normalized spacial score (nSPS) is 33.1. The number of rotatable bonds is 5. The Morgan fingerprint density at radius 2 is 1.68 bits per heavy atom. The van der Waals surface area contributed by atoms with Gasteiger partial charge in [-0.1, -0.05) is 6.42 Å². The predicted molar refractivity (Wildman–Crippen MR) is 90.2 cm³/mol. The second-order valence-corrected chi connectivity index (χ2v) is 7.28. The second kappa shape index (κ2) is 8.60. The van der Waals surface area contributed by atoms with Crippen molar-refractivity contribution in [1.29, 1.82) is 0 Å². The molecule has 0 bridgehead atoms. The number of nitrogens with one attached hydrogen (secondary N) is 1. The van der Waals surface area contributed by atoms with E-state index in [1.54, 1.807) is 0 Å². The standard InChI is InChI=1S/C17H34N4O/c22-13-12-19-8-10-21(11-9-19)17-14-18-5-4-16(17)15-20-6-2-1-3-7-20/h16-18,22H,1-15H2. The molecule has 3 aliphatic heterocycles. The Morgan fingerprint density at radius 3 is 2.41 bits per heavy atom. The van der Waals surface area contributed by atoms with Crippen LogP contribution in [0.25, 0.3) is 0 Å². The average Bonchev–Trinajstić information content (AvgIpc) is 2.58. The Kier molecular flexibility index (Phi) is 6.51. The number of aliphatic hydroxyl groups excluding tert-OH is 1.